The fourth-order valence-electron chi connectivity index (χ4n) is 1.55. The monoisotopic (exact) mass is 182 g/mol. The summed E-state index contributed by atoms with van der Waals surface area (Å²) in [5.74, 6) is 0. The summed E-state index contributed by atoms with van der Waals surface area (Å²) >= 11 is 0. The first-order chi connectivity index (χ1) is 6.27. The van der Waals surface area contributed by atoms with E-state index in [9.17, 15) is 4.79 Å². The average Bonchev–Trinajstić information content (AvgIpc) is 2.53. The molecule has 1 aromatic heterocycles. The molecule has 0 aromatic carbocycles. The maximum absolute atomic E-state index is 11.3. The molecule has 1 saturated heterocycles. The SMILES string of the molecule is CN1CCN(n2cc[nH]c2=O)CC1. The highest BCUT2D eigenvalue weighted by molar-refractivity contribution is 4.93. The van der Waals surface area contributed by atoms with Crippen LogP contribution < -0.4 is 10.7 Å². The lowest BCUT2D eigenvalue weighted by Crippen LogP contribution is -2.52. The van der Waals surface area contributed by atoms with Crippen LogP contribution in [0.4, 0.5) is 0 Å². The summed E-state index contributed by atoms with van der Waals surface area (Å²) in [7, 11) is 2.09. The molecule has 0 aliphatic carbocycles. The number of aromatic amines is 1. The Bertz CT molecular complexity index is 321. The van der Waals surface area contributed by atoms with Gasteiger partial charge in [-0.25, -0.2) is 9.47 Å². The standard InChI is InChI=1S/C8H14N4O/c1-10-4-6-11(7-5-10)12-3-2-9-8(12)13/h2-3H,4-7H2,1H3,(H,9,13). The van der Waals surface area contributed by atoms with Crippen molar-refractivity contribution >= 4 is 0 Å². The van der Waals surface area contributed by atoms with E-state index in [4.69, 9.17) is 0 Å². The molecule has 0 saturated carbocycles. The summed E-state index contributed by atoms with van der Waals surface area (Å²) in [6.45, 7) is 3.84. The molecule has 1 aliphatic heterocycles. The molecular weight excluding hydrogens is 168 g/mol. The van der Waals surface area contributed by atoms with Crippen LogP contribution >= 0.6 is 0 Å². The zero-order valence-electron chi connectivity index (χ0n) is 7.73. The molecule has 0 unspecified atom stereocenters. The van der Waals surface area contributed by atoms with Gasteiger partial charge >= 0.3 is 5.69 Å². The summed E-state index contributed by atoms with van der Waals surface area (Å²) in [6, 6.07) is 0. The van der Waals surface area contributed by atoms with Crippen molar-refractivity contribution in [2.45, 2.75) is 0 Å². The lowest BCUT2D eigenvalue weighted by atomic mass is 10.4. The molecule has 1 aliphatic rings. The predicted molar refractivity (Wildman–Crippen MR) is 50.5 cm³/mol. The lowest BCUT2D eigenvalue weighted by molar-refractivity contribution is 0.286. The zero-order valence-corrected chi connectivity index (χ0v) is 7.73. The summed E-state index contributed by atoms with van der Waals surface area (Å²) in [4.78, 5) is 16.1. The third-order valence-electron chi connectivity index (χ3n) is 2.42. The Balaban J connectivity index is 2.11. The number of H-pyrrole nitrogens is 1. The number of imidazole rings is 1. The van der Waals surface area contributed by atoms with Crippen LogP contribution in [0.2, 0.25) is 0 Å². The summed E-state index contributed by atoms with van der Waals surface area (Å²) < 4.78 is 1.65. The number of rotatable bonds is 1. The van der Waals surface area contributed by atoms with E-state index < -0.39 is 0 Å². The molecule has 5 heteroatoms. The van der Waals surface area contributed by atoms with Gasteiger partial charge in [-0.15, -0.1) is 0 Å². The van der Waals surface area contributed by atoms with E-state index in [-0.39, 0.29) is 5.69 Å². The van der Waals surface area contributed by atoms with E-state index in [1.807, 2.05) is 0 Å². The highest BCUT2D eigenvalue weighted by Crippen LogP contribution is 1.96. The van der Waals surface area contributed by atoms with Crippen molar-refractivity contribution in [3.8, 4) is 0 Å². The lowest BCUT2D eigenvalue weighted by Gasteiger charge is -2.33. The second kappa shape index (κ2) is 3.26. The van der Waals surface area contributed by atoms with Crippen LogP contribution in [0.5, 0.6) is 0 Å². The summed E-state index contributed by atoms with van der Waals surface area (Å²) in [5, 5.41) is 2.05. The van der Waals surface area contributed by atoms with Crippen LogP contribution in [0.3, 0.4) is 0 Å². The van der Waals surface area contributed by atoms with Crippen molar-refractivity contribution in [2.24, 2.45) is 0 Å². The molecule has 5 nitrogen and oxygen atoms in total. The maximum atomic E-state index is 11.3. The Kier molecular flexibility index (Phi) is 2.10. The van der Waals surface area contributed by atoms with E-state index in [1.54, 1.807) is 17.1 Å². The van der Waals surface area contributed by atoms with Crippen molar-refractivity contribution < 1.29 is 0 Å². The van der Waals surface area contributed by atoms with E-state index >= 15 is 0 Å². The fourth-order valence-corrected chi connectivity index (χ4v) is 1.55. The van der Waals surface area contributed by atoms with Crippen LogP contribution in [0.25, 0.3) is 0 Å². The Morgan fingerprint density at radius 3 is 2.54 bits per heavy atom. The molecular formula is C8H14N4O. The van der Waals surface area contributed by atoms with Gasteiger partial charge in [-0.05, 0) is 7.05 Å². The topological polar surface area (TPSA) is 44.3 Å². The van der Waals surface area contributed by atoms with Gasteiger partial charge in [-0.3, -0.25) is 0 Å². The Hall–Kier alpha value is -1.23. The first-order valence-corrected chi connectivity index (χ1v) is 4.47. The van der Waals surface area contributed by atoms with Gasteiger partial charge in [0.05, 0.1) is 0 Å². The molecule has 2 heterocycles. The van der Waals surface area contributed by atoms with Gasteiger partial charge in [-0.2, -0.15) is 0 Å². The van der Waals surface area contributed by atoms with Crippen LogP contribution in [-0.2, 0) is 0 Å². The van der Waals surface area contributed by atoms with Crippen molar-refractivity contribution in [1.29, 1.82) is 0 Å². The molecule has 0 amide bonds. The molecule has 0 radical (unpaired) electrons. The smallest absolute Gasteiger partial charge is 0.311 e. The molecule has 2 rings (SSSR count). The second-order valence-electron chi connectivity index (χ2n) is 3.37. The minimum atomic E-state index is -0.0513. The highest BCUT2D eigenvalue weighted by Gasteiger charge is 2.14. The molecule has 13 heavy (non-hydrogen) atoms. The van der Waals surface area contributed by atoms with Crippen molar-refractivity contribution in [3.05, 3.63) is 22.9 Å². The molecule has 0 bridgehead atoms. The number of piperazine rings is 1. The van der Waals surface area contributed by atoms with Gasteiger partial charge in [0.2, 0.25) is 0 Å². The normalized spacial score (nSPS) is 19.3. The van der Waals surface area contributed by atoms with Gasteiger partial charge in [0.25, 0.3) is 0 Å². The Morgan fingerprint density at radius 2 is 2.00 bits per heavy atom. The molecule has 1 aromatic rings. The number of hydrogen-bond acceptors (Lipinski definition) is 3. The number of nitrogens with one attached hydrogen (secondary N) is 1. The second-order valence-corrected chi connectivity index (χ2v) is 3.37. The van der Waals surface area contributed by atoms with Gasteiger partial charge in [0.1, 0.15) is 0 Å². The van der Waals surface area contributed by atoms with E-state index in [1.165, 1.54) is 0 Å². The molecule has 72 valence electrons. The summed E-state index contributed by atoms with van der Waals surface area (Å²) in [6.07, 6.45) is 3.44. The van der Waals surface area contributed by atoms with Crippen LogP contribution in [0, 0.1) is 0 Å². The first-order valence-electron chi connectivity index (χ1n) is 4.47. The molecule has 1 N–H and O–H groups in total. The number of likely N-dealkylation sites (N-methyl/N-ethyl adjacent to an activating group) is 1. The fraction of sp³-hybridized carbons (Fsp3) is 0.625. The summed E-state index contributed by atoms with van der Waals surface area (Å²) in [5.41, 5.74) is -0.0513. The van der Waals surface area contributed by atoms with Crippen LogP contribution in [0.15, 0.2) is 17.2 Å². The average molecular weight is 182 g/mol. The van der Waals surface area contributed by atoms with Crippen LogP contribution in [0.1, 0.15) is 0 Å². The quantitative estimate of drug-likeness (QED) is 0.609. The maximum Gasteiger partial charge on any atom is 0.344 e. The van der Waals surface area contributed by atoms with Gasteiger partial charge in [-0.1, -0.05) is 0 Å². The van der Waals surface area contributed by atoms with Crippen molar-refractivity contribution in [3.63, 3.8) is 0 Å². The van der Waals surface area contributed by atoms with Crippen molar-refractivity contribution in [1.82, 2.24) is 14.6 Å². The molecule has 0 spiro atoms. The van der Waals surface area contributed by atoms with Gasteiger partial charge < -0.3 is 14.9 Å². The Morgan fingerprint density at radius 1 is 1.31 bits per heavy atom. The van der Waals surface area contributed by atoms with E-state index in [0.29, 0.717) is 0 Å². The zero-order chi connectivity index (χ0) is 9.26. The number of hydrogen-bond donors (Lipinski definition) is 1. The first kappa shape index (κ1) is 8.37. The van der Waals surface area contributed by atoms with Gasteiger partial charge in [0, 0.05) is 38.6 Å². The number of aromatic nitrogens is 2. The largest absolute Gasteiger partial charge is 0.344 e. The predicted octanol–water partition coefficient (Wildman–Crippen LogP) is -0.940. The van der Waals surface area contributed by atoms with Crippen LogP contribution in [-0.4, -0.2) is 47.8 Å². The Labute approximate surface area is 76.5 Å². The number of nitrogens with zero attached hydrogens (tertiary/aromatic N) is 3. The third kappa shape index (κ3) is 1.60. The van der Waals surface area contributed by atoms with Crippen molar-refractivity contribution in [2.75, 3.05) is 38.2 Å². The minimum Gasteiger partial charge on any atom is -0.311 e. The molecule has 1 fully saturated rings. The molecule has 0 atom stereocenters. The minimum absolute atomic E-state index is 0.0513. The van der Waals surface area contributed by atoms with E-state index in [2.05, 4.69) is 21.9 Å². The highest BCUT2D eigenvalue weighted by atomic mass is 16.2. The van der Waals surface area contributed by atoms with E-state index in [0.717, 1.165) is 26.2 Å². The van der Waals surface area contributed by atoms with Gasteiger partial charge in [0.15, 0.2) is 0 Å². The third-order valence-corrected chi connectivity index (χ3v) is 2.42.